The van der Waals surface area contributed by atoms with Crippen LogP contribution in [0.3, 0.4) is 0 Å². The number of furan rings is 2. The molecule has 0 aliphatic rings. The Morgan fingerprint density at radius 3 is 2.54 bits per heavy atom. The molecule has 3 rings (SSSR count). The lowest BCUT2D eigenvalue weighted by atomic mass is 10.2. The predicted octanol–water partition coefficient (Wildman–Crippen LogP) is 3.21. The first-order valence-corrected chi connectivity index (χ1v) is 9.02. The molecule has 1 aromatic carbocycles. The SMILES string of the molecule is O=C(CNC(=O)c1occc1CSc1ccccc1)NCc1ccco1. The Morgan fingerprint density at radius 1 is 0.923 bits per heavy atom. The second kappa shape index (κ2) is 8.96. The molecule has 0 aliphatic carbocycles. The van der Waals surface area contributed by atoms with Gasteiger partial charge in [0.25, 0.3) is 5.91 Å². The molecule has 2 amide bonds. The maximum Gasteiger partial charge on any atom is 0.287 e. The van der Waals surface area contributed by atoms with Crippen LogP contribution in [-0.2, 0) is 17.1 Å². The third-order valence-electron chi connectivity index (χ3n) is 3.54. The number of hydrogen-bond acceptors (Lipinski definition) is 5. The van der Waals surface area contributed by atoms with Crippen LogP contribution in [0.15, 0.2) is 74.8 Å². The Morgan fingerprint density at radius 2 is 1.77 bits per heavy atom. The van der Waals surface area contributed by atoms with Gasteiger partial charge >= 0.3 is 0 Å². The molecule has 7 heteroatoms. The molecule has 0 radical (unpaired) electrons. The number of benzene rings is 1. The van der Waals surface area contributed by atoms with Gasteiger partial charge in [0.15, 0.2) is 5.76 Å². The lowest BCUT2D eigenvalue weighted by Crippen LogP contribution is -2.36. The fourth-order valence-electron chi connectivity index (χ4n) is 2.23. The highest BCUT2D eigenvalue weighted by Crippen LogP contribution is 2.24. The largest absolute Gasteiger partial charge is 0.467 e. The molecule has 0 spiro atoms. The van der Waals surface area contributed by atoms with Crippen LogP contribution in [0.4, 0.5) is 0 Å². The van der Waals surface area contributed by atoms with Crippen molar-refractivity contribution in [3.8, 4) is 0 Å². The highest BCUT2D eigenvalue weighted by molar-refractivity contribution is 7.98. The Labute approximate surface area is 155 Å². The monoisotopic (exact) mass is 370 g/mol. The topological polar surface area (TPSA) is 84.5 Å². The molecule has 2 N–H and O–H groups in total. The summed E-state index contributed by atoms with van der Waals surface area (Å²) in [6, 6.07) is 15.2. The normalized spacial score (nSPS) is 10.5. The molecule has 134 valence electrons. The molecule has 26 heavy (non-hydrogen) atoms. The van der Waals surface area contributed by atoms with Crippen LogP contribution in [0.1, 0.15) is 21.9 Å². The fraction of sp³-hybridized carbons (Fsp3) is 0.158. The second-order valence-electron chi connectivity index (χ2n) is 5.42. The second-order valence-corrected chi connectivity index (χ2v) is 6.46. The molecule has 0 saturated heterocycles. The van der Waals surface area contributed by atoms with Crippen molar-refractivity contribution in [2.24, 2.45) is 0 Å². The van der Waals surface area contributed by atoms with Gasteiger partial charge in [0, 0.05) is 16.2 Å². The molecule has 2 aromatic heterocycles. The molecule has 6 nitrogen and oxygen atoms in total. The van der Waals surface area contributed by atoms with E-state index in [2.05, 4.69) is 10.6 Å². The van der Waals surface area contributed by atoms with Crippen LogP contribution in [0.2, 0.25) is 0 Å². The van der Waals surface area contributed by atoms with Gasteiger partial charge in [0.05, 0.1) is 25.6 Å². The average molecular weight is 370 g/mol. The van der Waals surface area contributed by atoms with Crippen molar-refractivity contribution in [3.63, 3.8) is 0 Å². The van der Waals surface area contributed by atoms with Crippen LogP contribution >= 0.6 is 11.8 Å². The third kappa shape index (κ3) is 5.03. The van der Waals surface area contributed by atoms with Gasteiger partial charge in [-0.1, -0.05) is 18.2 Å². The summed E-state index contributed by atoms with van der Waals surface area (Å²) in [6.07, 6.45) is 3.02. The summed E-state index contributed by atoms with van der Waals surface area (Å²) in [7, 11) is 0. The number of carbonyl (C=O) groups excluding carboxylic acids is 2. The fourth-order valence-corrected chi connectivity index (χ4v) is 3.13. The van der Waals surface area contributed by atoms with Crippen LogP contribution in [0, 0.1) is 0 Å². The van der Waals surface area contributed by atoms with E-state index in [1.54, 1.807) is 30.0 Å². The summed E-state index contributed by atoms with van der Waals surface area (Å²) >= 11 is 1.61. The van der Waals surface area contributed by atoms with E-state index in [-0.39, 0.29) is 24.8 Å². The van der Waals surface area contributed by atoms with E-state index in [0.29, 0.717) is 11.5 Å². The highest BCUT2D eigenvalue weighted by atomic mass is 32.2. The maximum atomic E-state index is 12.3. The van der Waals surface area contributed by atoms with Crippen molar-refractivity contribution < 1.29 is 18.4 Å². The Balaban J connectivity index is 1.47. The summed E-state index contributed by atoms with van der Waals surface area (Å²) in [5.41, 5.74) is 0.785. The number of amides is 2. The van der Waals surface area contributed by atoms with Gasteiger partial charge in [-0.2, -0.15) is 0 Å². The molecule has 0 saturated carbocycles. The van der Waals surface area contributed by atoms with Crippen molar-refractivity contribution in [1.29, 1.82) is 0 Å². The first-order chi connectivity index (χ1) is 12.7. The van der Waals surface area contributed by atoms with E-state index in [1.807, 2.05) is 30.3 Å². The summed E-state index contributed by atoms with van der Waals surface area (Å²) in [4.78, 5) is 25.2. The first kappa shape index (κ1) is 17.9. The minimum atomic E-state index is -0.410. The summed E-state index contributed by atoms with van der Waals surface area (Å²) in [5.74, 6) is 0.769. The summed E-state index contributed by atoms with van der Waals surface area (Å²) in [6.45, 7) is 0.146. The molecule has 0 atom stereocenters. The molecule has 0 bridgehead atoms. The molecule has 3 aromatic rings. The molecular formula is C19H18N2O4S. The first-order valence-electron chi connectivity index (χ1n) is 8.04. The zero-order valence-corrected chi connectivity index (χ0v) is 14.8. The van der Waals surface area contributed by atoms with Gasteiger partial charge in [-0.15, -0.1) is 11.8 Å². The predicted molar refractivity (Wildman–Crippen MR) is 97.6 cm³/mol. The zero-order chi connectivity index (χ0) is 18.2. The number of rotatable bonds is 8. The van der Waals surface area contributed by atoms with Crippen molar-refractivity contribution in [1.82, 2.24) is 10.6 Å². The van der Waals surface area contributed by atoms with E-state index in [1.165, 1.54) is 12.5 Å². The van der Waals surface area contributed by atoms with Crippen LogP contribution in [0.5, 0.6) is 0 Å². The van der Waals surface area contributed by atoms with Gasteiger partial charge < -0.3 is 19.5 Å². The number of thioether (sulfide) groups is 1. The minimum Gasteiger partial charge on any atom is -0.467 e. The Bertz CT molecular complexity index is 844. The van der Waals surface area contributed by atoms with Gasteiger partial charge in [-0.3, -0.25) is 9.59 Å². The van der Waals surface area contributed by atoms with E-state index in [9.17, 15) is 9.59 Å². The molecule has 0 aliphatic heterocycles. The average Bonchev–Trinajstić information content (AvgIpc) is 3.35. The van der Waals surface area contributed by atoms with Gasteiger partial charge in [0.2, 0.25) is 5.91 Å². The Kier molecular flexibility index (Phi) is 6.16. The van der Waals surface area contributed by atoms with Gasteiger partial charge in [-0.25, -0.2) is 0 Å². The smallest absolute Gasteiger partial charge is 0.287 e. The number of carbonyl (C=O) groups is 2. The van der Waals surface area contributed by atoms with Crippen LogP contribution < -0.4 is 10.6 Å². The molecule has 0 unspecified atom stereocenters. The number of nitrogens with one attached hydrogen (secondary N) is 2. The van der Waals surface area contributed by atoms with Gasteiger partial charge in [0.1, 0.15) is 5.76 Å². The highest BCUT2D eigenvalue weighted by Gasteiger charge is 2.16. The van der Waals surface area contributed by atoms with E-state index in [0.717, 1.165) is 10.5 Å². The van der Waals surface area contributed by atoms with Crippen molar-refractivity contribution >= 4 is 23.6 Å². The van der Waals surface area contributed by atoms with Crippen molar-refractivity contribution in [3.05, 3.63) is 78.1 Å². The molecular weight excluding hydrogens is 352 g/mol. The van der Waals surface area contributed by atoms with Crippen molar-refractivity contribution in [2.45, 2.75) is 17.2 Å². The summed E-state index contributed by atoms with van der Waals surface area (Å²) in [5, 5.41) is 5.23. The van der Waals surface area contributed by atoms with Crippen LogP contribution in [-0.4, -0.2) is 18.4 Å². The zero-order valence-electron chi connectivity index (χ0n) is 13.9. The maximum absolute atomic E-state index is 12.3. The number of hydrogen-bond donors (Lipinski definition) is 2. The molecule has 0 fully saturated rings. The molecule has 2 heterocycles. The van der Waals surface area contributed by atoms with E-state index in [4.69, 9.17) is 8.83 Å². The van der Waals surface area contributed by atoms with E-state index >= 15 is 0 Å². The third-order valence-corrected chi connectivity index (χ3v) is 4.60. The van der Waals surface area contributed by atoms with Gasteiger partial charge in [-0.05, 0) is 30.3 Å². The van der Waals surface area contributed by atoms with E-state index < -0.39 is 5.91 Å². The standard InChI is InChI=1S/C19H18N2O4S/c22-17(20-11-15-5-4-9-24-15)12-21-19(23)18-14(8-10-25-18)13-26-16-6-2-1-3-7-16/h1-10H,11-13H2,(H,20,22)(H,21,23). The Hall–Kier alpha value is -2.93. The quantitative estimate of drug-likeness (QED) is 0.595. The minimum absolute atomic E-state index is 0.133. The van der Waals surface area contributed by atoms with Crippen molar-refractivity contribution in [2.75, 3.05) is 6.54 Å². The lowest BCUT2D eigenvalue weighted by Gasteiger charge is -2.06. The van der Waals surface area contributed by atoms with Crippen LogP contribution in [0.25, 0.3) is 0 Å². The summed E-state index contributed by atoms with van der Waals surface area (Å²) < 4.78 is 10.4. The lowest BCUT2D eigenvalue weighted by molar-refractivity contribution is -0.120.